The Labute approximate surface area is 75.0 Å². The summed E-state index contributed by atoms with van der Waals surface area (Å²) in [4.78, 5) is 21.6. The predicted molar refractivity (Wildman–Crippen MR) is 31.4 cm³/mol. The molecule has 0 aliphatic carbocycles. The van der Waals surface area contributed by atoms with Crippen molar-refractivity contribution < 1.29 is 49.7 Å². The minimum Gasteiger partial charge on any atom is -0.412 e. The summed E-state index contributed by atoms with van der Waals surface area (Å²) in [6.45, 7) is 0. The van der Waals surface area contributed by atoms with E-state index in [9.17, 15) is 0 Å². The second-order valence-electron chi connectivity index (χ2n) is 0.513. The Balaban J connectivity index is -0.0000000133. The Kier molecular flexibility index (Phi) is 42.3. The molecule has 0 radical (unpaired) electrons. The van der Waals surface area contributed by atoms with Gasteiger partial charge < -0.3 is 25.6 Å². The van der Waals surface area contributed by atoms with E-state index in [-0.39, 0.29) is 47.8 Å². The van der Waals surface area contributed by atoms with E-state index in [4.69, 9.17) is 19.2 Å². The normalized spacial score (nSPS) is 6.56. The molecule has 0 saturated heterocycles. The van der Waals surface area contributed by atoms with Crippen LogP contribution in [0.1, 0.15) is 0 Å². The van der Waals surface area contributed by atoms with E-state index >= 15 is 0 Å². The first-order chi connectivity index (χ1) is 2.00. The zero-order valence-corrected chi connectivity index (χ0v) is 7.77. The molecule has 0 unspecified atom stereocenters. The molecule has 0 aliphatic rings. The van der Waals surface area contributed by atoms with Gasteiger partial charge in [0, 0.05) is 19.5 Å². The van der Waals surface area contributed by atoms with Gasteiger partial charge in [0.05, 0.1) is 0 Å². The van der Waals surface area contributed by atoms with Crippen molar-refractivity contribution in [3.63, 3.8) is 0 Å². The van der Waals surface area contributed by atoms with Crippen molar-refractivity contribution in [3.05, 3.63) is 0 Å². The molecule has 0 saturated carbocycles. The molecule has 0 bridgehead atoms. The minimum absolute atomic E-state index is 0. The third kappa shape index (κ3) is 337. The molecule has 0 spiro atoms. The van der Waals surface area contributed by atoms with E-state index in [0.29, 0.717) is 0 Å². The average molecular weight is 229 g/mol. The molecule has 7 N–H and O–H groups in total. The van der Waals surface area contributed by atoms with Crippen LogP contribution in [0.5, 0.6) is 0 Å². The second-order valence-corrected chi connectivity index (χ2v) is 1.54. The summed E-state index contributed by atoms with van der Waals surface area (Å²) < 4.78 is 8.88. The molecular weight excluding hydrogens is 219 g/mol. The van der Waals surface area contributed by atoms with Gasteiger partial charge >= 0.3 is 7.82 Å². The minimum atomic E-state index is -4.64. The molecule has 0 aromatic carbocycles. The van der Waals surface area contributed by atoms with Gasteiger partial charge in [0.25, 0.3) is 0 Å². The summed E-state index contributed by atoms with van der Waals surface area (Å²) >= 11 is 0. The maximum atomic E-state index is 8.88. The molecule has 0 amide bonds. The molecule has 0 aromatic heterocycles. The standard InChI is InChI=1S/Al.H3O4P.2H2O.Zn.3H/c;1-5(2,3)4;;;;;;/h;(H3,1,2,3,4);2*1H2;;;;. The summed E-state index contributed by atoms with van der Waals surface area (Å²) in [7, 11) is -4.64. The fraction of sp³-hybridized carbons (Fsp3) is 0. The fourth-order valence-corrected chi connectivity index (χ4v) is 0. The van der Waals surface area contributed by atoms with Crippen molar-refractivity contribution >= 4 is 25.2 Å². The van der Waals surface area contributed by atoms with Crippen LogP contribution in [0.25, 0.3) is 0 Å². The van der Waals surface area contributed by atoms with Gasteiger partial charge in [-0.3, -0.25) is 0 Å². The van der Waals surface area contributed by atoms with Crippen LogP contribution in [0.3, 0.4) is 0 Å². The van der Waals surface area contributed by atoms with Crippen molar-refractivity contribution in [2.24, 2.45) is 0 Å². The average Bonchev–Trinajstić information content (AvgIpc) is 0.722. The van der Waals surface area contributed by atoms with E-state index in [1.54, 1.807) is 0 Å². The molecule has 0 heterocycles. The number of hydrogen-bond donors (Lipinski definition) is 3. The van der Waals surface area contributed by atoms with Crippen LogP contribution in [0.15, 0.2) is 0 Å². The largest absolute Gasteiger partial charge is 0.466 e. The van der Waals surface area contributed by atoms with Crippen molar-refractivity contribution in [2.75, 3.05) is 0 Å². The Morgan fingerprint density at radius 1 is 1.00 bits per heavy atom. The maximum absolute atomic E-state index is 8.88. The number of rotatable bonds is 0. The van der Waals surface area contributed by atoms with E-state index in [1.165, 1.54) is 0 Å². The Morgan fingerprint density at radius 3 is 1.00 bits per heavy atom. The van der Waals surface area contributed by atoms with Crippen LogP contribution in [-0.4, -0.2) is 43.0 Å². The van der Waals surface area contributed by atoms with Crippen molar-refractivity contribution in [1.29, 1.82) is 0 Å². The van der Waals surface area contributed by atoms with E-state index in [1.807, 2.05) is 0 Å². The van der Waals surface area contributed by atoms with Gasteiger partial charge in [-0.2, -0.15) is 0 Å². The molecule has 56 valence electrons. The molecule has 0 atom stereocenters. The Bertz CT molecular complexity index is 59.2. The third-order valence-electron chi connectivity index (χ3n) is 0. The van der Waals surface area contributed by atoms with Crippen LogP contribution >= 0.6 is 7.82 Å². The van der Waals surface area contributed by atoms with E-state index in [2.05, 4.69) is 0 Å². The summed E-state index contributed by atoms with van der Waals surface area (Å²) in [5, 5.41) is 0. The second kappa shape index (κ2) is 11.9. The molecule has 0 rings (SSSR count). The number of phosphoric acid groups is 1. The topological polar surface area (TPSA) is 141 Å². The van der Waals surface area contributed by atoms with Gasteiger partial charge in [0.15, 0.2) is 17.4 Å². The third-order valence-corrected chi connectivity index (χ3v) is 0. The zero-order chi connectivity index (χ0) is 4.50. The summed E-state index contributed by atoms with van der Waals surface area (Å²) in [5.41, 5.74) is 0. The predicted octanol–water partition coefficient (Wildman–Crippen LogP) is -3.76. The number of hydrogen-bond acceptors (Lipinski definition) is 1. The van der Waals surface area contributed by atoms with Crippen LogP contribution in [-0.2, 0) is 24.0 Å². The molecule has 9 heteroatoms. The van der Waals surface area contributed by atoms with E-state index < -0.39 is 7.82 Å². The van der Waals surface area contributed by atoms with Crippen LogP contribution in [0.4, 0.5) is 0 Å². The van der Waals surface area contributed by atoms with Crippen molar-refractivity contribution in [1.82, 2.24) is 0 Å². The zero-order valence-electron chi connectivity index (χ0n) is 3.90. The van der Waals surface area contributed by atoms with Crippen molar-refractivity contribution in [2.45, 2.75) is 0 Å². The fourth-order valence-electron chi connectivity index (χ4n) is 0. The Morgan fingerprint density at radius 2 is 1.00 bits per heavy atom. The van der Waals surface area contributed by atoms with Crippen LogP contribution < -0.4 is 0 Å². The first kappa shape index (κ1) is 32.0. The van der Waals surface area contributed by atoms with Gasteiger partial charge in [-0.1, -0.05) is 0 Å². The van der Waals surface area contributed by atoms with Gasteiger partial charge in [-0.05, 0) is 0 Å². The van der Waals surface area contributed by atoms with E-state index in [0.717, 1.165) is 0 Å². The molecule has 0 fully saturated rings. The van der Waals surface area contributed by atoms with Crippen molar-refractivity contribution in [3.8, 4) is 0 Å². The molecule has 0 aliphatic heterocycles. The quantitative estimate of drug-likeness (QED) is 0.290. The molecule has 9 heavy (non-hydrogen) atoms. The van der Waals surface area contributed by atoms with Gasteiger partial charge in [-0.15, -0.1) is 0 Å². The monoisotopic (exact) mass is 228 g/mol. The smallest absolute Gasteiger partial charge is 0.412 e. The summed E-state index contributed by atoms with van der Waals surface area (Å²) in [6, 6.07) is 0. The van der Waals surface area contributed by atoms with Gasteiger partial charge in [0.1, 0.15) is 0 Å². The molecule has 0 aromatic rings. The molecule has 6 nitrogen and oxygen atoms in total. The van der Waals surface area contributed by atoms with Crippen LogP contribution in [0, 0.1) is 0 Å². The Hall–Kier alpha value is 1.19. The SMILES string of the molecule is O.O.O=P(O)(O)O.[AlH3].[Zn]. The van der Waals surface area contributed by atoms with Gasteiger partial charge in [-0.25, -0.2) is 4.57 Å². The summed E-state index contributed by atoms with van der Waals surface area (Å²) in [6.07, 6.45) is 0. The van der Waals surface area contributed by atoms with Gasteiger partial charge in [0.2, 0.25) is 0 Å². The first-order valence-corrected chi connectivity index (χ1v) is 2.35. The van der Waals surface area contributed by atoms with Crippen LogP contribution in [0.2, 0.25) is 0 Å². The molecular formula is H10AlO6PZn. The summed E-state index contributed by atoms with van der Waals surface area (Å²) in [5.74, 6) is 0. The maximum Gasteiger partial charge on any atom is 0.466 e. The first-order valence-electron chi connectivity index (χ1n) is 0.783.